The normalized spacial score (nSPS) is 15.6. The summed E-state index contributed by atoms with van der Waals surface area (Å²) >= 11 is 14.1. The topological polar surface area (TPSA) is 103 Å². The fourth-order valence-corrected chi connectivity index (χ4v) is 4.93. The molecule has 0 saturated carbocycles. The molecule has 5 rings (SSSR count). The summed E-state index contributed by atoms with van der Waals surface area (Å²) in [7, 11) is 1.48. The standard InChI is InChI=1S/C26H17Cl2IN2O7/c1-35-22-9-14(8-19(29)23(22)36-11-13-2-4-17(27)18(28)7-13)6-16-24(32)30-26(34)31(25(16)33)15-3-5-20-21(10-15)38-12-37-20/h2-10H,11-12H2,1H3,(H,30,32,34)/b16-6+. The number of anilines is 1. The van der Waals surface area contributed by atoms with Crippen molar-refractivity contribution in [3.05, 3.63) is 78.8 Å². The Bertz CT molecular complexity index is 1530. The van der Waals surface area contributed by atoms with Crippen LogP contribution in [0.3, 0.4) is 0 Å². The quantitative estimate of drug-likeness (QED) is 0.208. The maximum Gasteiger partial charge on any atom is 0.335 e. The number of ether oxygens (including phenoxy) is 4. The number of urea groups is 1. The first-order valence-corrected chi connectivity index (χ1v) is 12.8. The van der Waals surface area contributed by atoms with E-state index in [2.05, 4.69) is 27.9 Å². The third kappa shape index (κ3) is 5.11. The van der Waals surface area contributed by atoms with Crippen LogP contribution in [0.25, 0.3) is 6.08 Å². The second kappa shape index (κ2) is 10.7. The summed E-state index contributed by atoms with van der Waals surface area (Å²) in [5, 5.41) is 3.07. The number of imide groups is 2. The van der Waals surface area contributed by atoms with E-state index in [0.717, 1.165) is 10.5 Å². The van der Waals surface area contributed by atoms with Gasteiger partial charge in [0.25, 0.3) is 11.8 Å². The Kier molecular flexibility index (Phi) is 7.37. The van der Waals surface area contributed by atoms with Crippen LogP contribution < -0.4 is 29.2 Å². The summed E-state index contributed by atoms with van der Waals surface area (Å²) in [6, 6.07) is 12.3. The number of methoxy groups -OCH3 is 1. The third-order valence-electron chi connectivity index (χ3n) is 5.65. The predicted octanol–water partition coefficient (Wildman–Crippen LogP) is 5.58. The van der Waals surface area contributed by atoms with Crippen LogP contribution in [-0.2, 0) is 16.2 Å². The molecular formula is C26H17Cl2IN2O7. The van der Waals surface area contributed by atoms with Gasteiger partial charge in [0, 0.05) is 6.07 Å². The Labute approximate surface area is 240 Å². The van der Waals surface area contributed by atoms with Gasteiger partial charge in [-0.05, 0) is 76.2 Å². The maximum absolute atomic E-state index is 13.3. The molecule has 194 valence electrons. The lowest BCUT2D eigenvalue weighted by Crippen LogP contribution is -2.54. The molecule has 2 aliphatic rings. The average Bonchev–Trinajstić information content (AvgIpc) is 3.35. The number of amides is 4. The Morgan fingerprint density at radius 3 is 2.58 bits per heavy atom. The van der Waals surface area contributed by atoms with Gasteiger partial charge in [-0.1, -0.05) is 29.3 Å². The number of rotatable bonds is 6. The number of benzene rings is 3. The van der Waals surface area contributed by atoms with E-state index in [1.165, 1.54) is 25.3 Å². The van der Waals surface area contributed by atoms with Crippen molar-refractivity contribution in [1.82, 2.24) is 5.32 Å². The van der Waals surface area contributed by atoms with Crippen molar-refractivity contribution < 1.29 is 33.3 Å². The number of fused-ring (bicyclic) bond motifs is 1. The zero-order valence-corrected chi connectivity index (χ0v) is 23.2. The summed E-state index contributed by atoms with van der Waals surface area (Å²) in [6.45, 7) is 0.243. The number of nitrogens with zero attached hydrogens (tertiary/aromatic N) is 1. The SMILES string of the molecule is COc1cc(/C=C2\C(=O)NC(=O)N(c3ccc4c(c3)OCO4)C2=O)cc(I)c1OCc1ccc(Cl)c(Cl)c1. The van der Waals surface area contributed by atoms with Crippen LogP contribution in [-0.4, -0.2) is 31.7 Å². The van der Waals surface area contributed by atoms with Crippen molar-refractivity contribution in [2.75, 3.05) is 18.8 Å². The van der Waals surface area contributed by atoms with Crippen molar-refractivity contribution >= 4 is 75.4 Å². The largest absolute Gasteiger partial charge is 0.493 e. The number of hydrogen-bond acceptors (Lipinski definition) is 7. The monoisotopic (exact) mass is 666 g/mol. The molecule has 0 atom stereocenters. The van der Waals surface area contributed by atoms with Gasteiger partial charge in [0.05, 0.1) is 26.4 Å². The molecule has 1 saturated heterocycles. The van der Waals surface area contributed by atoms with Crippen LogP contribution in [0.4, 0.5) is 10.5 Å². The van der Waals surface area contributed by atoms with E-state index in [1.807, 2.05) is 0 Å². The smallest absolute Gasteiger partial charge is 0.335 e. The highest BCUT2D eigenvalue weighted by molar-refractivity contribution is 14.1. The van der Waals surface area contributed by atoms with Crippen molar-refractivity contribution in [3.8, 4) is 23.0 Å². The van der Waals surface area contributed by atoms with Gasteiger partial charge in [-0.2, -0.15) is 0 Å². The summed E-state index contributed by atoms with van der Waals surface area (Å²) in [4.78, 5) is 39.4. The molecule has 12 heteroatoms. The van der Waals surface area contributed by atoms with E-state index in [0.29, 0.717) is 42.2 Å². The number of barbiturate groups is 1. The Morgan fingerprint density at radius 1 is 1.03 bits per heavy atom. The Balaban J connectivity index is 1.43. The second-order valence-corrected chi connectivity index (χ2v) is 10.0. The molecule has 1 fully saturated rings. The minimum absolute atomic E-state index is 0.0379. The van der Waals surface area contributed by atoms with Gasteiger partial charge in [-0.25, -0.2) is 9.69 Å². The lowest BCUT2D eigenvalue weighted by Gasteiger charge is -2.26. The van der Waals surface area contributed by atoms with Crippen molar-refractivity contribution in [3.63, 3.8) is 0 Å². The average molecular weight is 667 g/mol. The molecule has 2 heterocycles. The van der Waals surface area contributed by atoms with Crippen LogP contribution in [0.2, 0.25) is 10.0 Å². The van der Waals surface area contributed by atoms with E-state index in [-0.39, 0.29) is 24.7 Å². The molecule has 9 nitrogen and oxygen atoms in total. The molecule has 2 aliphatic heterocycles. The van der Waals surface area contributed by atoms with E-state index in [9.17, 15) is 14.4 Å². The lowest BCUT2D eigenvalue weighted by molar-refractivity contribution is -0.122. The molecule has 3 aromatic rings. The van der Waals surface area contributed by atoms with Crippen LogP contribution in [0.1, 0.15) is 11.1 Å². The van der Waals surface area contributed by atoms with Crippen LogP contribution >= 0.6 is 45.8 Å². The van der Waals surface area contributed by atoms with Gasteiger partial charge in [-0.15, -0.1) is 0 Å². The summed E-state index contributed by atoms with van der Waals surface area (Å²) < 4.78 is 22.8. The summed E-state index contributed by atoms with van der Waals surface area (Å²) in [5.74, 6) is 0.140. The van der Waals surface area contributed by atoms with Crippen LogP contribution in [0, 0.1) is 3.57 Å². The first-order chi connectivity index (χ1) is 18.2. The number of nitrogens with one attached hydrogen (secondary N) is 1. The molecule has 4 amide bonds. The summed E-state index contributed by atoms with van der Waals surface area (Å²) in [5.41, 5.74) is 1.30. The fourth-order valence-electron chi connectivity index (χ4n) is 3.83. The van der Waals surface area contributed by atoms with E-state index in [1.54, 1.807) is 36.4 Å². The second-order valence-electron chi connectivity index (χ2n) is 8.07. The number of carbonyl (C=O) groups excluding carboxylic acids is 3. The highest BCUT2D eigenvalue weighted by Crippen LogP contribution is 2.38. The first kappa shape index (κ1) is 26.1. The van der Waals surface area contributed by atoms with Crippen molar-refractivity contribution in [2.24, 2.45) is 0 Å². The maximum atomic E-state index is 13.3. The molecule has 3 aromatic carbocycles. The first-order valence-electron chi connectivity index (χ1n) is 11.0. The highest BCUT2D eigenvalue weighted by Gasteiger charge is 2.37. The van der Waals surface area contributed by atoms with Gasteiger partial charge >= 0.3 is 6.03 Å². The molecular weight excluding hydrogens is 650 g/mol. The van der Waals surface area contributed by atoms with Gasteiger partial charge < -0.3 is 18.9 Å². The van der Waals surface area contributed by atoms with Gasteiger partial charge in [0.2, 0.25) is 6.79 Å². The molecule has 1 N–H and O–H groups in total. The van der Waals surface area contributed by atoms with Crippen LogP contribution in [0.15, 0.2) is 54.1 Å². The zero-order valence-electron chi connectivity index (χ0n) is 19.5. The van der Waals surface area contributed by atoms with E-state index < -0.39 is 17.8 Å². The van der Waals surface area contributed by atoms with Gasteiger partial charge in [-0.3, -0.25) is 14.9 Å². The van der Waals surface area contributed by atoms with Crippen molar-refractivity contribution in [1.29, 1.82) is 0 Å². The van der Waals surface area contributed by atoms with E-state index in [4.69, 9.17) is 42.1 Å². The number of hydrogen-bond donors (Lipinski definition) is 1. The van der Waals surface area contributed by atoms with E-state index >= 15 is 0 Å². The summed E-state index contributed by atoms with van der Waals surface area (Å²) in [6.07, 6.45) is 1.39. The molecule has 0 radical (unpaired) electrons. The number of halogens is 3. The van der Waals surface area contributed by atoms with Gasteiger partial charge in [0.15, 0.2) is 23.0 Å². The molecule has 0 aromatic heterocycles. The number of carbonyl (C=O) groups is 3. The molecule has 0 unspecified atom stereocenters. The molecule has 0 spiro atoms. The highest BCUT2D eigenvalue weighted by atomic mass is 127. The minimum atomic E-state index is -0.866. The molecule has 38 heavy (non-hydrogen) atoms. The van der Waals surface area contributed by atoms with Crippen LogP contribution in [0.5, 0.6) is 23.0 Å². The zero-order chi connectivity index (χ0) is 27.0. The lowest BCUT2D eigenvalue weighted by atomic mass is 10.1. The minimum Gasteiger partial charge on any atom is -0.493 e. The molecule has 0 bridgehead atoms. The Morgan fingerprint density at radius 2 is 1.82 bits per heavy atom. The molecule has 0 aliphatic carbocycles. The van der Waals surface area contributed by atoms with Gasteiger partial charge in [0.1, 0.15) is 12.2 Å². The Hall–Kier alpha value is -3.48. The fraction of sp³-hybridized carbons (Fsp3) is 0.115. The van der Waals surface area contributed by atoms with Crippen molar-refractivity contribution in [2.45, 2.75) is 6.61 Å². The third-order valence-corrected chi connectivity index (χ3v) is 7.19. The predicted molar refractivity (Wildman–Crippen MR) is 148 cm³/mol.